The predicted molar refractivity (Wildman–Crippen MR) is 83.4 cm³/mol. The topological polar surface area (TPSA) is 46.3 Å². The summed E-state index contributed by atoms with van der Waals surface area (Å²) in [5, 5.41) is 0.968. The Kier molecular flexibility index (Phi) is 5.30. The summed E-state index contributed by atoms with van der Waals surface area (Å²) < 4.78 is 0. The van der Waals surface area contributed by atoms with Crippen molar-refractivity contribution < 1.29 is 4.79 Å². The van der Waals surface area contributed by atoms with Crippen LogP contribution in [0.5, 0.6) is 0 Å². The molecule has 2 atom stereocenters. The smallest absolute Gasteiger partial charge is 0.255 e. The van der Waals surface area contributed by atoms with E-state index in [0.29, 0.717) is 34.6 Å². The van der Waals surface area contributed by atoms with Gasteiger partial charge in [-0.1, -0.05) is 29.6 Å². The van der Waals surface area contributed by atoms with Gasteiger partial charge in [0.15, 0.2) is 0 Å². The number of amides is 1. The van der Waals surface area contributed by atoms with E-state index in [1.165, 1.54) is 0 Å². The highest BCUT2D eigenvalue weighted by atomic mass is 35.5. The van der Waals surface area contributed by atoms with Crippen molar-refractivity contribution in [2.75, 3.05) is 13.1 Å². The molecule has 0 bridgehead atoms. The second-order valence-corrected chi connectivity index (χ2v) is 6.05. The summed E-state index contributed by atoms with van der Waals surface area (Å²) in [6.07, 6.45) is 3.23. The molecule has 0 aliphatic heterocycles. The zero-order valence-corrected chi connectivity index (χ0v) is 13.1. The zero-order chi connectivity index (χ0) is 14.7. The third-order valence-corrected chi connectivity index (χ3v) is 4.65. The van der Waals surface area contributed by atoms with E-state index in [2.05, 4.69) is 0 Å². The lowest BCUT2D eigenvalue weighted by Crippen LogP contribution is -2.44. The van der Waals surface area contributed by atoms with Crippen LogP contribution in [-0.2, 0) is 0 Å². The summed E-state index contributed by atoms with van der Waals surface area (Å²) in [5.74, 6) is 0.335. The second-order valence-electron chi connectivity index (χ2n) is 5.21. The fraction of sp³-hybridized carbons (Fsp3) is 0.533. The highest BCUT2D eigenvalue weighted by molar-refractivity contribution is 6.35. The minimum absolute atomic E-state index is 0.0506. The van der Waals surface area contributed by atoms with Gasteiger partial charge in [0.25, 0.3) is 5.91 Å². The van der Waals surface area contributed by atoms with Gasteiger partial charge in [-0.15, -0.1) is 0 Å². The Hall–Kier alpha value is -0.770. The van der Waals surface area contributed by atoms with Gasteiger partial charge in [0.1, 0.15) is 0 Å². The minimum Gasteiger partial charge on any atom is -0.336 e. The third-order valence-electron chi connectivity index (χ3n) is 4.08. The number of nitrogens with zero attached hydrogens (tertiary/aromatic N) is 1. The van der Waals surface area contributed by atoms with Crippen molar-refractivity contribution in [3.8, 4) is 0 Å². The molecule has 0 aromatic heterocycles. The SMILES string of the molecule is CCN(C(=O)c1cc(Cl)ccc1Cl)C1CCCC1CN. The number of halogens is 2. The van der Waals surface area contributed by atoms with Gasteiger partial charge in [-0.25, -0.2) is 0 Å². The molecule has 0 radical (unpaired) electrons. The Morgan fingerprint density at radius 2 is 2.15 bits per heavy atom. The van der Waals surface area contributed by atoms with Crippen molar-refractivity contribution in [1.29, 1.82) is 0 Å². The summed E-state index contributed by atoms with van der Waals surface area (Å²) in [7, 11) is 0. The van der Waals surface area contributed by atoms with E-state index in [1.54, 1.807) is 18.2 Å². The maximum Gasteiger partial charge on any atom is 0.255 e. The quantitative estimate of drug-likeness (QED) is 0.923. The summed E-state index contributed by atoms with van der Waals surface area (Å²) in [6, 6.07) is 5.21. The minimum atomic E-state index is -0.0506. The van der Waals surface area contributed by atoms with Crippen LogP contribution in [0, 0.1) is 5.92 Å². The molecule has 1 amide bonds. The highest BCUT2D eigenvalue weighted by Gasteiger charge is 2.33. The molecule has 1 aromatic carbocycles. The van der Waals surface area contributed by atoms with Gasteiger partial charge in [0.05, 0.1) is 10.6 Å². The van der Waals surface area contributed by atoms with Gasteiger partial charge in [0, 0.05) is 17.6 Å². The number of carbonyl (C=O) groups is 1. The molecule has 2 unspecified atom stereocenters. The Morgan fingerprint density at radius 3 is 2.80 bits per heavy atom. The van der Waals surface area contributed by atoms with Crippen LogP contribution in [0.2, 0.25) is 10.0 Å². The molecule has 1 aromatic rings. The molecule has 110 valence electrons. The Labute approximate surface area is 130 Å². The van der Waals surface area contributed by atoms with Crippen LogP contribution in [0.3, 0.4) is 0 Å². The first-order valence-electron chi connectivity index (χ1n) is 7.04. The summed E-state index contributed by atoms with van der Waals surface area (Å²) in [4.78, 5) is 14.6. The Balaban J connectivity index is 2.27. The van der Waals surface area contributed by atoms with E-state index in [9.17, 15) is 4.79 Å². The summed E-state index contributed by atoms with van der Waals surface area (Å²) >= 11 is 12.1. The van der Waals surface area contributed by atoms with E-state index >= 15 is 0 Å². The maximum atomic E-state index is 12.7. The number of hydrogen-bond donors (Lipinski definition) is 1. The molecule has 0 heterocycles. The van der Waals surface area contributed by atoms with Gasteiger partial charge < -0.3 is 10.6 Å². The number of rotatable bonds is 4. The van der Waals surface area contributed by atoms with Gasteiger partial charge >= 0.3 is 0 Å². The molecule has 0 spiro atoms. The van der Waals surface area contributed by atoms with Crippen LogP contribution >= 0.6 is 23.2 Å². The highest BCUT2D eigenvalue weighted by Crippen LogP contribution is 2.31. The van der Waals surface area contributed by atoms with Crippen LogP contribution in [0.1, 0.15) is 36.5 Å². The molecule has 0 saturated heterocycles. The van der Waals surface area contributed by atoms with Crippen LogP contribution < -0.4 is 5.73 Å². The van der Waals surface area contributed by atoms with Gasteiger partial charge in [-0.2, -0.15) is 0 Å². The normalized spacial score (nSPS) is 22.0. The lowest BCUT2D eigenvalue weighted by atomic mass is 10.0. The van der Waals surface area contributed by atoms with E-state index in [4.69, 9.17) is 28.9 Å². The molecule has 20 heavy (non-hydrogen) atoms. The van der Waals surface area contributed by atoms with Crippen molar-refractivity contribution >= 4 is 29.1 Å². The van der Waals surface area contributed by atoms with E-state index < -0.39 is 0 Å². The van der Waals surface area contributed by atoms with E-state index in [-0.39, 0.29) is 11.9 Å². The predicted octanol–water partition coefficient (Wildman–Crippen LogP) is 3.58. The number of carbonyl (C=O) groups excluding carboxylic acids is 1. The van der Waals surface area contributed by atoms with Crippen molar-refractivity contribution in [2.24, 2.45) is 11.7 Å². The van der Waals surface area contributed by atoms with Crippen LogP contribution in [0.15, 0.2) is 18.2 Å². The zero-order valence-electron chi connectivity index (χ0n) is 11.6. The van der Waals surface area contributed by atoms with Crippen molar-refractivity contribution in [3.05, 3.63) is 33.8 Å². The average Bonchev–Trinajstić information content (AvgIpc) is 2.90. The lowest BCUT2D eigenvalue weighted by Gasteiger charge is -2.32. The fourth-order valence-electron chi connectivity index (χ4n) is 3.05. The first-order valence-corrected chi connectivity index (χ1v) is 7.80. The lowest BCUT2D eigenvalue weighted by molar-refractivity contribution is 0.0652. The van der Waals surface area contributed by atoms with Crippen LogP contribution in [0.4, 0.5) is 0 Å². The van der Waals surface area contributed by atoms with Gasteiger partial charge in [-0.3, -0.25) is 4.79 Å². The van der Waals surface area contributed by atoms with E-state index in [1.807, 2.05) is 11.8 Å². The second kappa shape index (κ2) is 6.79. The fourth-order valence-corrected chi connectivity index (χ4v) is 3.42. The molecular formula is C15H20Cl2N2O. The van der Waals surface area contributed by atoms with Crippen molar-refractivity contribution in [1.82, 2.24) is 4.90 Å². The molecule has 1 aliphatic carbocycles. The summed E-state index contributed by atoms with van der Waals surface area (Å²) in [5.41, 5.74) is 6.30. The molecule has 3 nitrogen and oxygen atoms in total. The van der Waals surface area contributed by atoms with Crippen LogP contribution in [0.25, 0.3) is 0 Å². The van der Waals surface area contributed by atoms with Gasteiger partial charge in [0.2, 0.25) is 0 Å². The first-order chi connectivity index (χ1) is 9.58. The molecule has 2 rings (SSSR count). The molecular weight excluding hydrogens is 295 g/mol. The van der Waals surface area contributed by atoms with Gasteiger partial charge in [-0.05, 0) is 50.4 Å². The third kappa shape index (κ3) is 3.11. The molecule has 1 aliphatic rings. The number of hydrogen-bond acceptors (Lipinski definition) is 2. The monoisotopic (exact) mass is 314 g/mol. The number of nitrogens with two attached hydrogens (primary N) is 1. The maximum absolute atomic E-state index is 12.7. The molecule has 2 N–H and O–H groups in total. The average molecular weight is 315 g/mol. The number of benzene rings is 1. The molecule has 5 heteroatoms. The molecule has 1 fully saturated rings. The van der Waals surface area contributed by atoms with Crippen LogP contribution in [-0.4, -0.2) is 29.9 Å². The van der Waals surface area contributed by atoms with Crippen molar-refractivity contribution in [3.63, 3.8) is 0 Å². The van der Waals surface area contributed by atoms with E-state index in [0.717, 1.165) is 19.3 Å². The largest absolute Gasteiger partial charge is 0.336 e. The molecule has 1 saturated carbocycles. The first kappa shape index (κ1) is 15.6. The Morgan fingerprint density at radius 1 is 1.40 bits per heavy atom. The van der Waals surface area contributed by atoms with Crippen molar-refractivity contribution in [2.45, 2.75) is 32.2 Å². The summed E-state index contributed by atoms with van der Waals surface area (Å²) in [6.45, 7) is 3.27. The Bertz CT molecular complexity index is 493. The standard InChI is InChI=1S/C15H20Cl2N2O/c1-2-19(14-5-3-4-10(14)9-18)15(20)12-8-11(16)6-7-13(12)17/h6-8,10,14H,2-5,9,18H2,1H3.